The standard InChI is InChI=1S/C19H12BrN3O2S/c20-14-8-6-12(7-9-14)17-13(10-16-18(24)21-19(25)26-16)11-23(22-17)15-4-2-1-3-5-15/h1-11H,(H,21,24,25). The molecule has 0 bridgehead atoms. The van der Waals surface area contributed by atoms with E-state index in [9.17, 15) is 9.59 Å². The molecule has 1 fully saturated rings. The highest BCUT2D eigenvalue weighted by molar-refractivity contribution is 9.10. The minimum absolute atomic E-state index is 0.359. The van der Waals surface area contributed by atoms with E-state index in [4.69, 9.17) is 5.10 Å². The molecule has 0 atom stereocenters. The summed E-state index contributed by atoms with van der Waals surface area (Å²) in [6.07, 6.45) is 3.56. The van der Waals surface area contributed by atoms with Gasteiger partial charge in [0.15, 0.2) is 0 Å². The lowest BCUT2D eigenvalue weighted by Gasteiger charge is -2.01. The third kappa shape index (κ3) is 3.36. The lowest BCUT2D eigenvalue weighted by atomic mass is 10.1. The van der Waals surface area contributed by atoms with Gasteiger partial charge in [-0.05, 0) is 42.1 Å². The second-order valence-corrected chi connectivity index (χ2v) is 7.50. The molecule has 2 aromatic carbocycles. The van der Waals surface area contributed by atoms with E-state index >= 15 is 0 Å². The van der Waals surface area contributed by atoms with E-state index in [1.807, 2.05) is 60.8 Å². The third-order valence-corrected chi connectivity index (χ3v) is 5.15. The number of carbonyl (C=O) groups excluding carboxylic acids is 2. The van der Waals surface area contributed by atoms with Gasteiger partial charge in [-0.3, -0.25) is 14.9 Å². The Labute approximate surface area is 162 Å². The van der Waals surface area contributed by atoms with Gasteiger partial charge in [0.25, 0.3) is 11.1 Å². The number of aromatic nitrogens is 2. The number of amides is 2. The molecule has 1 N–H and O–H groups in total. The third-order valence-electron chi connectivity index (χ3n) is 3.81. The molecule has 26 heavy (non-hydrogen) atoms. The minimum atomic E-state index is -0.380. The Morgan fingerprint density at radius 1 is 1.04 bits per heavy atom. The number of nitrogens with zero attached hydrogens (tertiary/aromatic N) is 2. The fraction of sp³-hybridized carbons (Fsp3) is 0. The van der Waals surface area contributed by atoms with Crippen LogP contribution < -0.4 is 5.32 Å². The lowest BCUT2D eigenvalue weighted by Crippen LogP contribution is -2.17. The SMILES string of the molecule is O=C1NC(=O)C(=Cc2cn(-c3ccccc3)nc2-c2ccc(Br)cc2)S1. The van der Waals surface area contributed by atoms with Crippen LogP contribution in [0.25, 0.3) is 23.0 Å². The first-order valence-electron chi connectivity index (χ1n) is 7.76. The summed E-state index contributed by atoms with van der Waals surface area (Å²) in [7, 11) is 0. The summed E-state index contributed by atoms with van der Waals surface area (Å²) in [6.45, 7) is 0. The van der Waals surface area contributed by atoms with Crippen molar-refractivity contribution < 1.29 is 9.59 Å². The van der Waals surface area contributed by atoms with Gasteiger partial charge in [-0.15, -0.1) is 0 Å². The molecule has 0 spiro atoms. The first-order valence-corrected chi connectivity index (χ1v) is 9.37. The molecule has 1 aliphatic heterocycles. The van der Waals surface area contributed by atoms with Crippen LogP contribution in [-0.4, -0.2) is 20.9 Å². The molecule has 128 valence electrons. The highest BCUT2D eigenvalue weighted by Gasteiger charge is 2.26. The summed E-state index contributed by atoms with van der Waals surface area (Å²) in [4.78, 5) is 23.7. The Balaban J connectivity index is 1.84. The van der Waals surface area contributed by atoms with Crippen LogP contribution in [0.15, 0.2) is 70.2 Å². The summed E-state index contributed by atoms with van der Waals surface area (Å²) >= 11 is 4.33. The number of thioether (sulfide) groups is 1. The quantitative estimate of drug-likeness (QED) is 0.621. The van der Waals surface area contributed by atoms with Gasteiger partial charge < -0.3 is 0 Å². The Bertz CT molecular complexity index is 1030. The van der Waals surface area contributed by atoms with Crippen LogP contribution in [0.1, 0.15) is 5.56 Å². The van der Waals surface area contributed by atoms with E-state index in [1.54, 1.807) is 10.8 Å². The number of benzene rings is 2. The van der Waals surface area contributed by atoms with Crippen molar-refractivity contribution in [3.63, 3.8) is 0 Å². The van der Waals surface area contributed by atoms with Gasteiger partial charge in [0.2, 0.25) is 0 Å². The zero-order valence-electron chi connectivity index (χ0n) is 13.3. The average Bonchev–Trinajstić information content (AvgIpc) is 3.20. The highest BCUT2D eigenvalue weighted by Crippen LogP contribution is 2.31. The molecule has 1 saturated heterocycles. The second-order valence-electron chi connectivity index (χ2n) is 5.57. The Hall–Kier alpha value is -2.64. The smallest absolute Gasteiger partial charge is 0.282 e. The molecular weight excluding hydrogens is 414 g/mol. The van der Waals surface area contributed by atoms with Crippen molar-refractivity contribution in [3.8, 4) is 16.9 Å². The molecule has 5 nitrogen and oxygen atoms in total. The monoisotopic (exact) mass is 425 g/mol. The number of hydrogen-bond donors (Lipinski definition) is 1. The summed E-state index contributed by atoms with van der Waals surface area (Å²) in [5.74, 6) is -0.380. The van der Waals surface area contributed by atoms with E-state index in [0.717, 1.165) is 38.7 Å². The molecule has 0 unspecified atom stereocenters. The average molecular weight is 426 g/mol. The molecular formula is C19H12BrN3O2S. The molecule has 0 radical (unpaired) electrons. The van der Waals surface area contributed by atoms with E-state index < -0.39 is 0 Å². The molecule has 0 saturated carbocycles. The van der Waals surface area contributed by atoms with Crippen molar-refractivity contribution >= 4 is 44.9 Å². The topological polar surface area (TPSA) is 64.0 Å². The zero-order chi connectivity index (χ0) is 18.1. The largest absolute Gasteiger partial charge is 0.290 e. The van der Waals surface area contributed by atoms with Crippen molar-refractivity contribution in [2.24, 2.45) is 0 Å². The van der Waals surface area contributed by atoms with Crippen LogP contribution in [0.4, 0.5) is 4.79 Å². The fourth-order valence-electron chi connectivity index (χ4n) is 2.60. The van der Waals surface area contributed by atoms with Crippen LogP contribution in [0, 0.1) is 0 Å². The van der Waals surface area contributed by atoms with Gasteiger partial charge in [0.05, 0.1) is 16.3 Å². The first kappa shape index (κ1) is 16.8. The van der Waals surface area contributed by atoms with Crippen molar-refractivity contribution in [1.29, 1.82) is 0 Å². The van der Waals surface area contributed by atoms with E-state index in [2.05, 4.69) is 21.2 Å². The summed E-state index contributed by atoms with van der Waals surface area (Å²) in [6, 6.07) is 17.5. The second kappa shape index (κ2) is 6.93. The Kier molecular flexibility index (Phi) is 4.48. The Morgan fingerprint density at radius 3 is 2.42 bits per heavy atom. The van der Waals surface area contributed by atoms with Crippen LogP contribution in [0.5, 0.6) is 0 Å². The maximum absolute atomic E-state index is 11.9. The maximum atomic E-state index is 11.9. The summed E-state index contributed by atoms with van der Waals surface area (Å²) < 4.78 is 2.74. The predicted molar refractivity (Wildman–Crippen MR) is 106 cm³/mol. The van der Waals surface area contributed by atoms with Crippen molar-refractivity contribution in [2.75, 3.05) is 0 Å². The number of para-hydroxylation sites is 1. The van der Waals surface area contributed by atoms with Gasteiger partial charge in [-0.25, -0.2) is 4.68 Å². The van der Waals surface area contributed by atoms with Gasteiger partial charge in [0, 0.05) is 21.8 Å². The maximum Gasteiger partial charge on any atom is 0.290 e. The normalized spacial score (nSPS) is 15.5. The van der Waals surface area contributed by atoms with Gasteiger partial charge in [0.1, 0.15) is 0 Å². The minimum Gasteiger partial charge on any atom is -0.282 e. The molecule has 3 aromatic rings. The van der Waals surface area contributed by atoms with Crippen LogP contribution in [-0.2, 0) is 4.79 Å². The van der Waals surface area contributed by atoms with E-state index in [0.29, 0.717) is 4.91 Å². The molecule has 2 heterocycles. The van der Waals surface area contributed by atoms with Gasteiger partial charge in [-0.2, -0.15) is 5.10 Å². The van der Waals surface area contributed by atoms with Crippen LogP contribution >= 0.6 is 27.7 Å². The number of halogens is 1. The molecule has 0 aliphatic carbocycles. The summed E-state index contributed by atoms with van der Waals surface area (Å²) in [5, 5.41) is 6.61. The zero-order valence-corrected chi connectivity index (χ0v) is 15.8. The Morgan fingerprint density at radius 2 is 1.77 bits per heavy atom. The number of carbonyl (C=O) groups is 2. The van der Waals surface area contributed by atoms with Crippen LogP contribution in [0.3, 0.4) is 0 Å². The van der Waals surface area contributed by atoms with E-state index in [-0.39, 0.29) is 11.1 Å². The number of rotatable bonds is 3. The number of imide groups is 1. The van der Waals surface area contributed by atoms with Crippen molar-refractivity contribution in [3.05, 3.63) is 75.7 Å². The highest BCUT2D eigenvalue weighted by atomic mass is 79.9. The fourth-order valence-corrected chi connectivity index (χ4v) is 3.54. The van der Waals surface area contributed by atoms with Crippen LogP contribution in [0.2, 0.25) is 0 Å². The summed E-state index contributed by atoms with van der Waals surface area (Å²) in [5.41, 5.74) is 3.34. The van der Waals surface area contributed by atoms with E-state index in [1.165, 1.54) is 0 Å². The predicted octanol–water partition coefficient (Wildman–Crippen LogP) is 4.63. The van der Waals surface area contributed by atoms with Gasteiger partial charge in [-0.1, -0.05) is 46.3 Å². The molecule has 2 amide bonds. The molecule has 1 aromatic heterocycles. The molecule has 1 aliphatic rings. The molecule has 4 rings (SSSR count). The first-order chi connectivity index (χ1) is 12.6. The van der Waals surface area contributed by atoms with Crippen molar-refractivity contribution in [1.82, 2.24) is 15.1 Å². The van der Waals surface area contributed by atoms with Crippen molar-refractivity contribution in [2.45, 2.75) is 0 Å². The van der Waals surface area contributed by atoms with Gasteiger partial charge >= 0.3 is 0 Å². The number of hydrogen-bond acceptors (Lipinski definition) is 4. The number of nitrogens with one attached hydrogen (secondary N) is 1. The molecule has 7 heteroatoms. The lowest BCUT2D eigenvalue weighted by molar-refractivity contribution is -0.115.